The van der Waals surface area contributed by atoms with E-state index in [0.29, 0.717) is 6.42 Å². The minimum atomic E-state index is -1.69. The molecular formula is C21H42O2Si. The molecule has 0 atom stereocenters. The first-order valence-electron chi connectivity index (χ1n) is 10.3. The van der Waals surface area contributed by atoms with Gasteiger partial charge in [-0.15, -0.1) is 0 Å². The van der Waals surface area contributed by atoms with Crippen molar-refractivity contribution in [2.45, 2.75) is 116 Å². The monoisotopic (exact) mass is 354 g/mol. The number of carbonyl (C=O) groups is 1. The maximum atomic E-state index is 11.6. The molecule has 142 valence electrons. The van der Waals surface area contributed by atoms with Crippen molar-refractivity contribution in [3.63, 3.8) is 0 Å². The van der Waals surface area contributed by atoms with E-state index in [0.717, 1.165) is 12.8 Å². The van der Waals surface area contributed by atoms with Crippen molar-refractivity contribution in [3.05, 3.63) is 12.2 Å². The summed E-state index contributed by atoms with van der Waals surface area (Å²) in [7, 11) is -1.69. The summed E-state index contributed by atoms with van der Waals surface area (Å²) in [6.45, 7) is 8.45. The van der Waals surface area contributed by atoms with Gasteiger partial charge in [-0.2, -0.15) is 0 Å². The summed E-state index contributed by atoms with van der Waals surface area (Å²) in [6, 6.07) is 0. The van der Waals surface area contributed by atoms with Crippen LogP contribution in [-0.4, -0.2) is 14.3 Å². The molecule has 0 spiro atoms. The zero-order valence-electron chi connectivity index (χ0n) is 16.9. The smallest absolute Gasteiger partial charge is 0.292 e. The van der Waals surface area contributed by atoms with E-state index in [2.05, 4.69) is 38.7 Å². The molecule has 0 N–H and O–H groups in total. The highest BCUT2D eigenvalue weighted by Gasteiger charge is 2.19. The van der Waals surface area contributed by atoms with Crippen molar-refractivity contribution >= 4 is 14.3 Å². The third kappa shape index (κ3) is 19.5. The Kier molecular flexibility index (Phi) is 15.5. The van der Waals surface area contributed by atoms with Gasteiger partial charge in [0.25, 0.3) is 5.97 Å². The minimum Gasteiger partial charge on any atom is -0.520 e. The van der Waals surface area contributed by atoms with E-state index in [1.165, 1.54) is 70.6 Å². The molecule has 0 aromatic rings. The van der Waals surface area contributed by atoms with Crippen LogP contribution in [-0.2, 0) is 9.22 Å². The lowest BCUT2D eigenvalue weighted by Gasteiger charge is -2.17. The summed E-state index contributed by atoms with van der Waals surface area (Å²) in [5.41, 5.74) is 0. The molecule has 0 saturated carbocycles. The lowest BCUT2D eigenvalue weighted by molar-refractivity contribution is -0.135. The van der Waals surface area contributed by atoms with Crippen molar-refractivity contribution in [1.29, 1.82) is 0 Å². The van der Waals surface area contributed by atoms with Crippen molar-refractivity contribution < 1.29 is 9.22 Å². The second kappa shape index (κ2) is 15.9. The lowest BCUT2D eigenvalue weighted by Crippen LogP contribution is -2.28. The van der Waals surface area contributed by atoms with E-state index in [1.807, 2.05) is 0 Å². The molecule has 0 aromatic heterocycles. The summed E-state index contributed by atoms with van der Waals surface area (Å²) < 4.78 is 5.45. The Morgan fingerprint density at radius 1 is 0.750 bits per heavy atom. The Morgan fingerprint density at radius 3 is 1.71 bits per heavy atom. The fraction of sp³-hybridized carbons (Fsp3) is 0.857. The van der Waals surface area contributed by atoms with Crippen LogP contribution >= 0.6 is 0 Å². The van der Waals surface area contributed by atoms with E-state index in [4.69, 9.17) is 4.43 Å². The standard InChI is InChI=1S/C21H42O2Si/c1-5-6-7-8-9-10-11-12-13-14-15-16-17-18-19-20-21(22)23-24(2,3)4/h12-13H,5-11,14-20H2,1-4H3/b13-12-. The molecule has 0 saturated heterocycles. The molecule has 0 aliphatic carbocycles. The quantitative estimate of drug-likeness (QED) is 0.164. The molecule has 0 amide bonds. The second-order valence-electron chi connectivity index (χ2n) is 7.92. The van der Waals surface area contributed by atoms with Crippen molar-refractivity contribution in [2.75, 3.05) is 0 Å². The zero-order valence-corrected chi connectivity index (χ0v) is 17.9. The first kappa shape index (κ1) is 23.4. The average molecular weight is 355 g/mol. The van der Waals surface area contributed by atoms with Crippen LogP contribution in [0.25, 0.3) is 0 Å². The van der Waals surface area contributed by atoms with Gasteiger partial charge < -0.3 is 4.43 Å². The molecule has 3 heteroatoms. The third-order valence-corrected chi connectivity index (χ3v) is 4.90. The number of allylic oxidation sites excluding steroid dienone is 2. The Balaban J connectivity index is 3.25. The molecule has 0 aliphatic rings. The Labute approximate surface area is 152 Å². The predicted octanol–water partition coefficient (Wildman–Crippen LogP) is 7.40. The van der Waals surface area contributed by atoms with Gasteiger partial charge in [0.2, 0.25) is 8.32 Å². The second-order valence-corrected chi connectivity index (χ2v) is 12.3. The van der Waals surface area contributed by atoms with Crippen LogP contribution in [0, 0.1) is 0 Å². The maximum absolute atomic E-state index is 11.6. The van der Waals surface area contributed by atoms with Gasteiger partial charge >= 0.3 is 0 Å². The van der Waals surface area contributed by atoms with Crippen LogP contribution in [0.15, 0.2) is 12.2 Å². The minimum absolute atomic E-state index is 0.00629. The molecular weight excluding hydrogens is 312 g/mol. The van der Waals surface area contributed by atoms with Crippen molar-refractivity contribution in [2.24, 2.45) is 0 Å². The molecule has 0 aromatic carbocycles. The highest BCUT2D eigenvalue weighted by atomic mass is 28.4. The van der Waals surface area contributed by atoms with Gasteiger partial charge in [-0.3, -0.25) is 4.79 Å². The first-order chi connectivity index (χ1) is 11.5. The van der Waals surface area contributed by atoms with Crippen molar-refractivity contribution in [3.8, 4) is 0 Å². The van der Waals surface area contributed by atoms with Gasteiger partial charge in [-0.1, -0.05) is 70.4 Å². The zero-order chi connectivity index (χ0) is 18.1. The maximum Gasteiger partial charge on any atom is 0.292 e. The van der Waals surface area contributed by atoms with Crippen LogP contribution < -0.4 is 0 Å². The highest BCUT2D eigenvalue weighted by molar-refractivity contribution is 6.71. The van der Waals surface area contributed by atoms with Gasteiger partial charge in [0.15, 0.2) is 0 Å². The third-order valence-electron chi connectivity index (χ3n) is 4.06. The van der Waals surface area contributed by atoms with Crippen LogP contribution in [0.3, 0.4) is 0 Å². The first-order valence-corrected chi connectivity index (χ1v) is 13.7. The van der Waals surface area contributed by atoms with Crippen LogP contribution in [0.5, 0.6) is 0 Å². The Hall–Kier alpha value is -0.573. The summed E-state index contributed by atoms with van der Waals surface area (Å²) in [6.07, 6.45) is 22.0. The average Bonchev–Trinajstić information content (AvgIpc) is 2.49. The largest absolute Gasteiger partial charge is 0.520 e. The summed E-state index contributed by atoms with van der Waals surface area (Å²) in [4.78, 5) is 11.6. The van der Waals surface area contributed by atoms with E-state index >= 15 is 0 Å². The highest BCUT2D eigenvalue weighted by Crippen LogP contribution is 2.11. The van der Waals surface area contributed by atoms with Gasteiger partial charge in [0.05, 0.1) is 0 Å². The predicted molar refractivity (Wildman–Crippen MR) is 109 cm³/mol. The van der Waals surface area contributed by atoms with Gasteiger partial charge in [-0.25, -0.2) is 0 Å². The van der Waals surface area contributed by atoms with E-state index in [9.17, 15) is 4.79 Å². The lowest BCUT2D eigenvalue weighted by atomic mass is 10.1. The van der Waals surface area contributed by atoms with E-state index in [1.54, 1.807) is 0 Å². The molecule has 0 unspecified atom stereocenters. The topological polar surface area (TPSA) is 26.3 Å². The van der Waals surface area contributed by atoms with Gasteiger partial charge in [0, 0.05) is 6.42 Å². The molecule has 0 bridgehead atoms. The molecule has 0 rings (SSSR count). The van der Waals surface area contributed by atoms with Crippen LogP contribution in [0.1, 0.15) is 96.8 Å². The molecule has 2 nitrogen and oxygen atoms in total. The Morgan fingerprint density at radius 2 is 1.21 bits per heavy atom. The number of rotatable bonds is 16. The van der Waals surface area contributed by atoms with Gasteiger partial charge in [-0.05, 0) is 51.7 Å². The van der Waals surface area contributed by atoms with Crippen LogP contribution in [0.4, 0.5) is 0 Å². The molecule has 0 radical (unpaired) electrons. The Bertz CT molecular complexity index is 318. The van der Waals surface area contributed by atoms with E-state index < -0.39 is 8.32 Å². The normalized spacial score (nSPS) is 12.0. The fourth-order valence-electron chi connectivity index (χ4n) is 2.73. The summed E-state index contributed by atoms with van der Waals surface area (Å²) >= 11 is 0. The van der Waals surface area contributed by atoms with E-state index in [-0.39, 0.29) is 5.97 Å². The van der Waals surface area contributed by atoms with Crippen LogP contribution in [0.2, 0.25) is 19.6 Å². The molecule has 0 fully saturated rings. The van der Waals surface area contributed by atoms with Crippen molar-refractivity contribution in [1.82, 2.24) is 0 Å². The molecule has 0 heterocycles. The SMILES string of the molecule is CCCCCCCC/C=C\CCCCCCCC(=O)O[Si](C)(C)C. The number of carbonyl (C=O) groups excluding carboxylic acids is 1. The number of hydrogen-bond acceptors (Lipinski definition) is 2. The summed E-state index contributed by atoms with van der Waals surface area (Å²) in [5.74, 6) is 0.00629. The number of hydrogen-bond donors (Lipinski definition) is 0. The number of unbranched alkanes of at least 4 members (excludes halogenated alkanes) is 11. The van der Waals surface area contributed by atoms with Gasteiger partial charge in [0.1, 0.15) is 0 Å². The summed E-state index contributed by atoms with van der Waals surface area (Å²) in [5, 5.41) is 0. The fourth-order valence-corrected chi connectivity index (χ4v) is 3.52. The molecule has 24 heavy (non-hydrogen) atoms. The molecule has 0 aliphatic heterocycles.